The van der Waals surface area contributed by atoms with Crippen molar-refractivity contribution in [2.75, 3.05) is 5.32 Å². The number of carboxylic acid groups (broad SMARTS) is 1. The molecule has 2 N–H and O–H groups in total. The summed E-state index contributed by atoms with van der Waals surface area (Å²) in [5, 5.41) is 14.9. The normalized spacial score (nSPS) is 12.0. The van der Waals surface area contributed by atoms with E-state index in [1.807, 2.05) is 0 Å². The molecule has 0 bridgehead atoms. The number of benzene rings is 1. The smallest absolute Gasteiger partial charge is 0.387 e. The van der Waals surface area contributed by atoms with Gasteiger partial charge in [-0.05, 0) is 19.1 Å². The zero-order chi connectivity index (χ0) is 17.9. The Morgan fingerprint density at radius 3 is 2.71 bits per heavy atom. The van der Waals surface area contributed by atoms with Crippen molar-refractivity contribution in [1.29, 1.82) is 0 Å². The molecule has 0 aliphatic carbocycles. The number of rotatable bonds is 6. The molecule has 1 aromatic heterocycles. The van der Waals surface area contributed by atoms with E-state index in [0.29, 0.717) is 6.07 Å². The molecule has 0 aliphatic heterocycles. The summed E-state index contributed by atoms with van der Waals surface area (Å²) in [6, 6.07) is 1.74. The lowest BCUT2D eigenvalue weighted by Crippen LogP contribution is -2.16. The molecule has 128 valence electrons. The summed E-state index contributed by atoms with van der Waals surface area (Å²) in [4.78, 5) is 23.0. The summed E-state index contributed by atoms with van der Waals surface area (Å²) in [5.74, 6) is -3.24. The first-order chi connectivity index (χ1) is 11.3. The van der Waals surface area contributed by atoms with Crippen LogP contribution in [0.4, 0.5) is 18.9 Å². The number of halogens is 3. The minimum atomic E-state index is -3.19. The Labute approximate surface area is 133 Å². The van der Waals surface area contributed by atoms with Crippen molar-refractivity contribution in [1.82, 2.24) is 9.78 Å². The van der Waals surface area contributed by atoms with E-state index in [1.165, 1.54) is 13.1 Å². The Morgan fingerprint density at radius 1 is 1.38 bits per heavy atom. The van der Waals surface area contributed by atoms with Crippen LogP contribution in [0.25, 0.3) is 0 Å². The van der Waals surface area contributed by atoms with E-state index in [4.69, 9.17) is 5.11 Å². The highest BCUT2D eigenvalue weighted by Gasteiger charge is 2.18. The molecule has 0 saturated carbocycles. The monoisotopic (exact) mass is 343 g/mol. The second-order valence-corrected chi connectivity index (χ2v) is 4.70. The molecule has 0 aliphatic rings. The molecular weight excluding hydrogens is 331 g/mol. The summed E-state index contributed by atoms with van der Waals surface area (Å²) in [6.07, 6.45) is 2.30. The molecule has 1 aromatic carbocycles. The largest absolute Gasteiger partial charge is 0.480 e. The number of carboxylic acids is 1. The van der Waals surface area contributed by atoms with Crippen molar-refractivity contribution < 1.29 is 32.6 Å². The van der Waals surface area contributed by atoms with Crippen LogP contribution in [-0.2, 0) is 4.79 Å². The van der Waals surface area contributed by atoms with Gasteiger partial charge in [0.1, 0.15) is 11.9 Å². The molecular formula is C14H12F3N3O4. The first-order valence-corrected chi connectivity index (χ1v) is 6.60. The van der Waals surface area contributed by atoms with E-state index in [9.17, 15) is 22.8 Å². The first kappa shape index (κ1) is 17.3. The van der Waals surface area contributed by atoms with Gasteiger partial charge in [0.25, 0.3) is 5.91 Å². The van der Waals surface area contributed by atoms with Gasteiger partial charge in [-0.2, -0.15) is 13.9 Å². The molecule has 2 rings (SSSR count). The maximum atomic E-state index is 13.1. The van der Waals surface area contributed by atoms with E-state index in [1.54, 1.807) is 0 Å². The number of nitrogens with zero attached hydrogens (tertiary/aromatic N) is 2. The van der Waals surface area contributed by atoms with E-state index in [-0.39, 0.29) is 11.3 Å². The van der Waals surface area contributed by atoms with Crippen LogP contribution < -0.4 is 10.1 Å². The number of hydrogen-bond acceptors (Lipinski definition) is 4. The van der Waals surface area contributed by atoms with E-state index in [2.05, 4.69) is 15.2 Å². The molecule has 7 nitrogen and oxygen atoms in total. The number of aliphatic carboxylic acids is 1. The van der Waals surface area contributed by atoms with Gasteiger partial charge >= 0.3 is 12.6 Å². The molecule has 0 saturated heterocycles. The van der Waals surface area contributed by atoms with E-state index in [0.717, 1.165) is 23.0 Å². The van der Waals surface area contributed by atoms with Gasteiger partial charge in [-0.3, -0.25) is 9.48 Å². The van der Waals surface area contributed by atoms with Crippen LogP contribution in [0.5, 0.6) is 5.75 Å². The molecule has 1 heterocycles. The van der Waals surface area contributed by atoms with Gasteiger partial charge in [-0.25, -0.2) is 9.18 Å². The van der Waals surface area contributed by atoms with Crippen LogP contribution in [0.2, 0.25) is 0 Å². The average molecular weight is 343 g/mol. The lowest BCUT2D eigenvalue weighted by molar-refractivity contribution is -0.140. The minimum absolute atomic E-state index is 0.00424. The molecule has 0 radical (unpaired) electrons. The SMILES string of the molecule is CC(C(=O)O)n1cc(C(=O)Nc2ccc(F)cc2OC(F)F)cn1. The van der Waals surface area contributed by atoms with Crippen molar-refractivity contribution in [2.45, 2.75) is 19.6 Å². The summed E-state index contributed by atoms with van der Waals surface area (Å²) >= 11 is 0. The van der Waals surface area contributed by atoms with Crippen molar-refractivity contribution in [3.8, 4) is 5.75 Å². The lowest BCUT2D eigenvalue weighted by atomic mass is 10.2. The zero-order valence-electron chi connectivity index (χ0n) is 12.2. The molecule has 2 aromatic rings. The van der Waals surface area contributed by atoms with Gasteiger partial charge < -0.3 is 15.2 Å². The quantitative estimate of drug-likeness (QED) is 0.841. The second kappa shape index (κ2) is 7.02. The van der Waals surface area contributed by atoms with Crippen LogP contribution >= 0.6 is 0 Å². The van der Waals surface area contributed by atoms with Gasteiger partial charge in [-0.15, -0.1) is 0 Å². The highest BCUT2D eigenvalue weighted by Crippen LogP contribution is 2.27. The number of carbonyl (C=O) groups excluding carboxylic acids is 1. The highest BCUT2D eigenvalue weighted by molar-refractivity contribution is 6.04. The van der Waals surface area contributed by atoms with Gasteiger partial charge in [0.15, 0.2) is 5.75 Å². The highest BCUT2D eigenvalue weighted by atomic mass is 19.3. The van der Waals surface area contributed by atoms with Gasteiger partial charge in [0.2, 0.25) is 0 Å². The Kier molecular flexibility index (Phi) is 5.07. The number of hydrogen-bond donors (Lipinski definition) is 2. The van der Waals surface area contributed by atoms with Crippen molar-refractivity contribution in [3.05, 3.63) is 42.0 Å². The van der Waals surface area contributed by atoms with Crippen molar-refractivity contribution >= 4 is 17.6 Å². The summed E-state index contributed by atoms with van der Waals surface area (Å²) in [7, 11) is 0. The fourth-order valence-corrected chi connectivity index (χ4v) is 1.77. The van der Waals surface area contributed by atoms with Crippen LogP contribution in [0, 0.1) is 5.82 Å². The number of anilines is 1. The topological polar surface area (TPSA) is 93.5 Å². The average Bonchev–Trinajstić information content (AvgIpc) is 2.98. The van der Waals surface area contributed by atoms with Gasteiger partial charge in [-0.1, -0.05) is 0 Å². The first-order valence-electron chi connectivity index (χ1n) is 6.60. The third kappa shape index (κ3) is 4.03. The standard InChI is InChI=1S/C14H12F3N3O4/c1-7(13(22)23)20-6-8(5-18-20)12(21)19-10-3-2-9(15)4-11(10)24-14(16)17/h2-7,14H,1H3,(H,19,21)(H,22,23). The third-order valence-electron chi connectivity index (χ3n) is 3.03. The number of carbonyl (C=O) groups is 2. The molecule has 24 heavy (non-hydrogen) atoms. The van der Waals surface area contributed by atoms with Crippen LogP contribution in [0.3, 0.4) is 0 Å². The van der Waals surface area contributed by atoms with Crippen LogP contribution in [0.15, 0.2) is 30.6 Å². The number of nitrogens with one attached hydrogen (secondary N) is 1. The predicted molar refractivity (Wildman–Crippen MR) is 75.6 cm³/mol. The Morgan fingerprint density at radius 2 is 2.08 bits per heavy atom. The van der Waals surface area contributed by atoms with Crippen LogP contribution in [0.1, 0.15) is 23.3 Å². The minimum Gasteiger partial charge on any atom is -0.480 e. The number of amides is 1. The predicted octanol–water partition coefficient (Wildman–Crippen LogP) is 2.52. The number of ether oxygens (including phenoxy) is 1. The van der Waals surface area contributed by atoms with E-state index < -0.39 is 36.1 Å². The third-order valence-corrected chi connectivity index (χ3v) is 3.03. The molecule has 10 heteroatoms. The zero-order valence-corrected chi connectivity index (χ0v) is 12.2. The number of aromatic nitrogens is 2. The van der Waals surface area contributed by atoms with Crippen LogP contribution in [-0.4, -0.2) is 33.4 Å². The van der Waals surface area contributed by atoms with Crippen molar-refractivity contribution in [3.63, 3.8) is 0 Å². The van der Waals surface area contributed by atoms with Gasteiger partial charge in [0.05, 0.1) is 17.4 Å². The lowest BCUT2D eigenvalue weighted by Gasteiger charge is -2.11. The summed E-state index contributed by atoms with van der Waals surface area (Å²) in [5.41, 5.74) is -0.170. The maximum Gasteiger partial charge on any atom is 0.387 e. The summed E-state index contributed by atoms with van der Waals surface area (Å²) < 4.78 is 43.0. The Balaban J connectivity index is 2.19. The fourth-order valence-electron chi connectivity index (χ4n) is 1.77. The second-order valence-electron chi connectivity index (χ2n) is 4.70. The summed E-state index contributed by atoms with van der Waals surface area (Å²) in [6.45, 7) is -1.83. The Bertz CT molecular complexity index is 763. The molecule has 0 spiro atoms. The van der Waals surface area contributed by atoms with Gasteiger partial charge in [0, 0.05) is 12.3 Å². The molecule has 0 fully saturated rings. The molecule has 1 atom stereocenters. The van der Waals surface area contributed by atoms with Crippen molar-refractivity contribution in [2.24, 2.45) is 0 Å². The van der Waals surface area contributed by atoms with E-state index >= 15 is 0 Å². The fraction of sp³-hybridized carbons (Fsp3) is 0.214. The Hall–Kier alpha value is -3.04. The number of alkyl halides is 2. The molecule has 1 unspecified atom stereocenters. The molecule has 1 amide bonds. The maximum absolute atomic E-state index is 13.1.